The Morgan fingerprint density at radius 2 is 1.88 bits per heavy atom. The fraction of sp³-hybridized carbons (Fsp3) is 0.500. The molecule has 0 saturated carbocycles. The first-order valence-corrected chi connectivity index (χ1v) is 5.93. The molecule has 0 aliphatic carbocycles. The Morgan fingerprint density at radius 1 is 1.29 bits per heavy atom. The van der Waals surface area contributed by atoms with Gasteiger partial charge in [-0.05, 0) is 30.9 Å². The fourth-order valence-corrected chi connectivity index (χ4v) is 1.15. The Bertz CT molecular complexity index is 368. The summed E-state index contributed by atoms with van der Waals surface area (Å²) in [4.78, 5) is 11.5. The normalized spacial score (nSPS) is 11.1. The van der Waals surface area contributed by atoms with Crippen LogP contribution >= 0.6 is 0 Å². The van der Waals surface area contributed by atoms with E-state index < -0.39 is 6.09 Å². The first-order valence-electron chi connectivity index (χ1n) is 5.93. The summed E-state index contributed by atoms with van der Waals surface area (Å²) in [6.45, 7) is 8.67. The first kappa shape index (κ1) is 13.6. The summed E-state index contributed by atoms with van der Waals surface area (Å²) < 4.78 is 5.18. The number of carbonyl (C=O) groups is 1. The number of nitrogens with one attached hydrogen (secondary N) is 1. The van der Waals surface area contributed by atoms with Gasteiger partial charge in [0.15, 0.2) is 0 Å². The van der Waals surface area contributed by atoms with Crippen molar-refractivity contribution in [3.63, 3.8) is 0 Å². The van der Waals surface area contributed by atoms with E-state index in [-0.39, 0.29) is 5.41 Å². The van der Waals surface area contributed by atoms with Gasteiger partial charge in [0.2, 0.25) is 0 Å². The second-order valence-electron chi connectivity index (χ2n) is 5.08. The molecule has 0 fully saturated rings. The van der Waals surface area contributed by atoms with Crippen molar-refractivity contribution in [2.75, 3.05) is 11.9 Å². The highest BCUT2D eigenvalue weighted by Crippen LogP contribution is 2.20. The van der Waals surface area contributed by atoms with Crippen molar-refractivity contribution in [1.82, 2.24) is 0 Å². The maximum Gasteiger partial charge on any atom is 0.411 e. The Hall–Kier alpha value is -1.51. The van der Waals surface area contributed by atoms with Crippen LogP contribution in [0.5, 0.6) is 0 Å². The van der Waals surface area contributed by atoms with Gasteiger partial charge in [-0.3, -0.25) is 5.32 Å². The predicted molar refractivity (Wildman–Crippen MR) is 70.2 cm³/mol. The summed E-state index contributed by atoms with van der Waals surface area (Å²) in [5.74, 6) is 0. The Labute approximate surface area is 103 Å². The van der Waals surface area contributed by atoms with Crippen molar-refractivity contribution in [3.05, 3.63) is 29.8 Å². The minimum absolute atomic E-state index is 0.0324. The molecule has 1 rings (SSSR count). The second kappa shape index (κ2) is 5.71. The quantitative estimate of drug-likeness (QED) is 0.857. The molecule has 0 unspecified atom stereocenters. The van der Waals surface area contributed by atoms with Crippen molar-refractivity contribution < 1.29 is 9.53 Å². The Balaban J connectivity index is 2.42. The van der Waals surface area contributed by atoms with Crippen LogP contribution in [0.15, 0.2) is 24.3 Å². The van der Waals surface area contributed by atoms with E-state index in [0.29, 0.717) is 6.61 Å². The monoisotopic (exact) mass is 235 g/mol. The van der Waals surface area contributed by atoms with Gasteiger partial charge in [-0.25, -0.2) is 4.79 Å². The number of rotatable bonds is 4. The van der Waals surface area contributed by atoms with Crippen LogP contribution in [-0.4, -0.2) is 12.7 Å². The molecule has 0 heterocycles. The van der Waals surface area contributed by atoms with Gasteiger partial charge in [0, 0.05) is 5.69 Å². The minimum Gasteiger partial charge on any atom is -0.449 e. The molecule has 0 aromatic heterocycles. The van der Waals surface area contributed by atoms with Gasteiger partial charge in [0.05, 0.1) is 6.61 Å². The minimum atomic E-state index is -0.393. The molecule has 17 heavy (non-hydrogen) atoms. The van der Waals surface area contributed by atoms with Crippen LogP contribution in [0, 0.1) is 12.3 Å². The van der Waals surface area contributed by atoms with Crippen molar-refractivity contribution in [1.29, 1.82) is 0 Å². The van der Waals surface area contributed by atoms with Crippen LogP contribution in [0.4, 0.5) is 10.5 Å². The lowest BCUT2D eigenvalue weighted by Crippen LogP contribution is -2.23. The molecule has 0 bridgehead atoms. The van der Waals surface area contributed by atoms with E-state index in [1.807, 2.05) is 31.2 Å². The summed E-state index contributed by atoms with van der Waals surface area (Å²) >= 11 is 0. The molecule has 3 nitrogen and oxygen atoms in total. The summed E-state index contributed by atoms with van der Waals surface area (Å²) in [6.07, 6.45) is 0.584. The van der Waals surface area contributed by atoms with Gasteiger partial charge < -0.3 is 4.74 Å². The molecule has 0 radical (unpaired) electrons. The maximum atomic E-state index is 11.5. The zero-order valence-corrected chi connectivity index (χ0v) is 11.0. The molecule has 1 aromatic rings. The zero-order valence-electron chi connectivity index (χ0n) is 11.0. The van der Waals surface area contributed by atoms with E-state index in [9.17, 15) is 4.79 Å². The van der Waals surface area contributed by atoms with E-state index in [1.54, 1.807) is 0 Å². The molecule has 1 aromatic carbocycles. The third-order valence-corrected chi connectivity index (χ3v) is 2.85. The lowest BCUT2D eigenvalue weighted by atomic mass is 9.92. The van der Waals surface area contributed by atoms with Gasteiger partial charge in [-0.1, -0.05) is 38.5 Å². The van der Waals surface area contributed by atoms with Gasteiger partial charge in [-0.2, -0.15) is 0 Å². The molecule has 0 saturated heterocycles. The molecule has 0 atom stereocenters. The predicted octanol–water partition coefficient (Wildman–Crippen LogP) is 3.98. The molecule has 1 N–H and O–H groups in total. The maximum absolute atomic E-state index is 11.5. The Morgan fingerprint density at radius 3 is 2.41 bits per heavy atom. The molecule has 1 amide bonds. The molecule has 0 spiro atoms. The molecule has 0 aliphatic heterocycles. The van der Waals surface area contributed by atoms with Gasteiger partial charge in [0.25, 0.3) is 0 Å². The highest BCUT2D eigenvalue weighted by Gasteiger charge is 2.17. The summed E-state index contributed by atoms with van der Waals surface area (Å²) in [7, 11) is 0. The van der Waals surface area contributed by atoms with Crippen LogP contribution < -0.4 is 5.32 Å². The summed E-state index contributed by atoms with van der Waals surface area (Å²) in [5, 5.41) is 2.70. The van der Waals surface area contributed by atoms with E-state index in [0.717, 1.165) is 17.7 Å². The second-order valence-corrected chi connectivity index (χ2v) is 5.08. The molecule has 3 heteroatoms. The number of hydrogen-bond donors (Lipinski definition) is 1. The van der Waals surface area contributed by atoms with Gasteiger partial charge >= 0.3 is 6.09 Å². The van der Waals surface area contributed by atoms with Crippen LogP contribution in [0.25, 0.3) is 0 Å². The van der Waals surface area contributed by atoms with Crippen LogP contribution in [-0.2, 0) is 4.74 Å². The smallest absolute Gasteiger partial charge is 0.411 e. The van der Waals surface area contributed by atoms with Crippen molar-refractivity contribution in [2.45, 2.75) is 34.1 Å². The highest BCUT2D eigenvalue weighted by atomic mass is 16.5. The molecular weight excluding hydrogens is 214 g/mol. The average Bonchev–Trinajstić information content (AvgIpc) is 2.30. The van der Waals surface area contributed by atoms with Crippen LogP contribution in [0.2, 0.25) is 0 Å². The summed E-state index contributed by atoms with van der Waals surface area (Å²) in [6, 6.07) is 7.63. The molecule has 94 valence electrons. The number of hydrogen-bond acceptors (Lipinski definition) is 2. The number of carbonyl (C=O) groups excluding carboxylic acids is 1. The Kier molecular flexibility index (Phi) is 4.55. The third kappa shape index (κ3) is 4.89. The number of ether oxygens (including phenoxy) is 1. The standard InChI is InChI=1S/C14H21NO2/c1-5-14(3,4)10-17-13(16)15-12-8-6-11(2)7-9-12/h6-9H,5,10H2,1-4H3,(H,15,16). The summed E-state index contributed by atoms with van der Waals surface area (Å²) in [5.41, 5.74) is 1.95. The topological polar surface area (TPSA) is 38.3 Å². The van der Waals surface area contributed by atoms with Crippen molar-refractivity contribution >= 4 is 11.8 Å². The van der Waals surface area contributed by atoms with Crippen LogP contribution in [0.3, 0.4) is 0 Å². The lowest BCUT2D eigenvalue weighted by molar-refractivity contribution is 0.108. The third-order valence-electron chi connectivity index (χ3n) is 2.85. The number of benzene rings is 1. The van der Waals surface area contributed by atoms with E-state index >= 15 is 0 Å². The van der Waals surface area contributed by atoms with Crippen molar-refractivity contribution in [3.8, 4) is 0 Å². The highest BCUT2D eigenvalue weighted by molar-refractivity contribution is 5.84. The number of amides is 1. The SMILES string of the molecule is CCC(C)(C)COC(=O)Nc1ccc(C)cc1. The van der Waals surface area contributed by atoms with Crippen LogP contribution in [0.1, 0.15) is 32.8 Å². The molecular formula is C14H21NO2. The van der Waals surface area contributed by atoms with Crippen molar-refractivity contribution in [2.24, 2.45) is 5.41 Å². The van der Waals surface area contributed by atoms with Gasteiger partial charge in [0.1, 0.15) is 0 Å². The van der Waals surface area contributed by atoms with E-state index in [1.165, 1.54) is 0 Å². The zero-order chi connectivity index (χ0) is 12.9. The molecule has 0 aliphatic rings. The first-order chi connectivity index (χ1) is 7.93. The van der Waals surface area contributed by atoms with Gasteiger partial charge in [-0.15, -0.1) is 0 Å². The lowest BCUT2D eigenvalue weighted by Gasteiger charge is -2.21. The average molecular weight is 235 g/mol. The van der Waals surface area contributed by atoms with E-state index in [2.05, 4.69) is 26.1 Å². The largest absolute Gasteiger partial charge is 0.449 e. The number of aryl methyl sites for hydroxylation is 1. The number of anilines is 1. The fourth-order valence-electron chi connectivity index (χ4n) is 1.15. The van der Waals surface area contributed by atoms with E-state index in [4.69, 9.17) is 4.74 Å².